The molecule has 0 unspecified atom stereocenters. The number of cyclic esters (lactones) is 2. The lowest BCUT2D eigenvalue weighted by Crippen LogP contribution is -2.31. The van der Waals surface area contributed by atoms with Gasteiger partial charge in [-0.1, -0.05) is 154 Å². The number of ether oxygens (including phenoxy) is 7. The Morgan fingerprint density at radius 2 is 1.14 bits per heavy atom. The summed E-state index contributed by atoms with van der Waals surface area (Å²) in [6.07, 6.45) is 43.2. The first-order chi connectivity index (χ1) is 34.7. The van der Waals surface area contributed by atoms with Gasteiger partial charge in [0.05, 0.1) is 62.0 Å². The molecular weight excluding hydrogens is 921 g/mol. The fraction of sp³-hybridized carbons (Fsp3) is 0.581. The Bertz CT molecular complexity index is 2030. The van der Waals surface area contributed by atoms with Crippen LogP contribution < -0.4 is 0 Å². The summed E-state index contributed by atoms with van der Waals surface area (Å²) in [4.78, 5) is 25.2. The molecule has 0 aromatic rings. The topological polar surface area (TPSA) is 139 Å². The maximum atomic E-state index is 12.7. The highest BCUT2D eigenvalue weighted by atomic mass is 16.6. The van der Waals surface area contributed by atoms with Crippen molar-refractivity contribution in [2.45, 2.75) is 199 Å². The molecule has 0 saturated heterocycles. The fourth-order valence-electron chi connectivity index (χ4n) is 9.93. The minimum absolute atomic E-state index is 0. The number of aliphatic hydroxyl groups is 2. The van der Waals surface area contributed by atoms with E-state index >= 15 is 0 Å². The molecule has 4 bridgehead atoms. The average Bonchev–Trinajstić information content (AvgIpc) is 3.31. The van der Waals surface area contributed by atoms with Gasteiger partial charge >= 0.3 is 11.9 Å². The van der Waals surface area contributed by atoms with Crippen LogP contribution in [0.1, 0.15) is 131 Å². The summed E-state index contributed by atoms with van der Waals surface area (Å²) in [6.45, 7) is 18.2. The highest BCUT2D eigenvalue weighted by molar-refractivity contribution is 5.82. The van der Waals surface area contributed by atoms with Gasteiger partial charge in [-0.3, -0.25) is 0 Å². The summed E-state index contributed by atoms with van der Waals surface area (Å²) < 4.78 is 41.3. The zero-order valence-corrected chi connectivity index (χ0v) is 43.9. The van der Waals surface area contributed by atoms with Crippen molar-refractivity contribution in [2.75, 3.05) is 20.3 Å². The smallest absolute Gasteiger partial charge is 0.330 e. The number of rotatable bonds is 7. The summed E-state index contributed by atoms with van der Waals surface area (Å²) in [5.41, 5.74) is 4.69. The molecule has 11 nitrogen and oxygen atoms in total. The van der Waals surface area contributed by atoms with E-state index in [0.29, 0.717) is 70.0 Å². The van der Waals surface area contributed by atoms with E-state index < -0.39 is 30.4 Å². The van der Waals surface area contributed by atoms with Crippen LogP contribution in [0.2, 0.25) is 0 Å². The Kier molecular flexibility index (Phi) is 28.0. The second-order valence-electron chi connectivity index (χ2n) is 20.7. The molecule has 11 heteroatoms. The number of hydrogen-bond acceptors (Lipinski definition) is 11. The summed E-state index contributed by atoms with van der Waals surface area (Å²) in [5.74, 6) is 0.0613. The van der Waals surface area contributed by atoms with Crippen molar-refractivity contribution in [1.82, 2.24) is 0 Å². The van der Waals surface area contributed by atoms with Crippen molar-refractivity contribution in [1.29, 1.82) is 0 Å². The lowest BCUT2D eigenvalue weighted by atomic mass is 9.91. The Morgan fingerprint density at radius 1 is 0.644 bits per heavy atom. The van der Waals surface area contributed by atoms with Crippen LogP contribution in [-0.2, 0) is 42.7 Å². The molecule has 6 aliphatic rings. The minimum atomic E-state index is -0.644. The van der Waals surface area contributed by atoms with Crippen LogP contribution in [0.4, 0.5) is 0 Å². The first-order valence-corrected chi connectivity index (χ1v) is 26.5. The zero-order valence-electron chi connectivity index (χ0n) is 43.9. The summed E-state index contributed by atoms with van der Waals surface area (Å²) >= 11 is 0. The van der Waals surface area contributed by atoms with Crippen LogP contribution in [0.25, 0.3) is 0 Å². The number of carbonyl (C=O) groups is 2. The third-order valence-corrected chi connectivity index (χ3v) is 13.5. The number of hydrogen-bond donors (Lipinski definition) is 2. The Hall–Kier alpha value is -4.46. The van der Waals surface area contributed by atoms with E-state index in [1.54, 1.807) is 19.3 Å². The quantitative estimate of drug-likeness (QED) is 0.186. The highest BCUT2D eigenvalue weighted by Crippen LogP contribution is 2.28. The summed E-state index contributed by atoms with van der Waals surface area (Å²) in [6, 6.07) is 0. The lowest BCUT2D eigenvalue weighted by molar-refractivity contribution is -0.148. The number of aliphatic hydroxyl groups excluding tert-OH is 2. The molecule has 0 spiro atoms. The molecule has 0 fully saturated rings. The van der Waals surface area contributed by atoms with Gasteiger partial charge in [0.1, 0.15) is 18.3 Å². The van der Waals surface area contributed by atoms with Gasteiger partial charge in [-0.25, -0.2) is 9.59 Å². The molecule has 13 atom stereocenters. The maximum Gasteiger partial charge on any atom is 0.330 e. The molecule has 0 radical (unpaired) electrons. The van der Waals surface area contributed by atoms with Crippen molar-refractivity contribution in [2.24, 2.45) is 11.8 Å². The molecule has 0 aromatic carbocycles. The monoisotopic (exact) mass is 1010 g/mol. The Labute approximate surface area is 438 Å². The summed E-state index contributed by atoms with van der Waals surface area (Å²) in [5, 5.41) is 21.0. The molecule has 0 aliphatic carbocycles. The second-order valence-corrected chi connectivity index (χ2v) is 20.7. The molecular formula is C62H90O11. The van der Waals surface area contributed by atoms with Gasteiger partial charge in [-0.15, -0.1) is 0 Å². The minimum Gasteiger partial charge on any atom is -0.459 e. The highest BCUT2D eigenvalue weighted by Gasteiger charge is 2.25. The molecule has 6 aliphatic heterocycles. The van der Waals surface area contributed by atoms with Crippen LogP contribution in [0, 0.1) is 11.8 Å². The van der Waals surface area contributed by atoms with Crippen molar-refractivity contribution in [3.63, 3.8) is 0 Å². The number of fused-ring (bicyclic) bond motifs is 4. The van der Waals surface area contributed by atoms with E-state index in [2.05, 4.69) is 83.4 Å². The predicted molar refractivity (Wildman–Crippen MR) is 293 cm³/mol. The Balaban J connectivity index is 0.000000313. The van der Waals surface area contributed by atoms with Crippen molar-refractivity contribution >= 4 is 11.9 Å². The second kappa shape index (κ2) is 33.5. The van der Waals surface area contributed by atoms with E-state index in [0.717, 1.165) is 62.5 Å². The normalized spacial score (nSPS) is 34.9. The van der Waals surface area contributed by atoms with Gasteiger partial charge < -0.3 is 43.4 Å². The first kappa shape index (κ1) is 61.1. The van der Waals surface area contributed by atoms with Crippen LogP contribution in [-0.4, -0.2) is 110 Å². The number of esters is 2. The SMILES string of the molecule is C.C=C1C[C@H](C)C[C@@H]2CC=C[C@@H](C/C=C\C(=O)O[C@H](C/C=C/[C@@H]3CC(C)=CCO3)C/C=C/[C@@H](O)C1)O2.C=C1C[C@H](C)C[C@@H]2CC=C[C@@H](C/C=C\C(=O)O[C@H]([C@H](/C=C/[C@@H]3CC(C)=CCO3)OC)C/C=C/[C@@H](O)C1)O2. The molecule has 6 heterocycles. The molecule has 73 heavy (non-hydrogen) atoms. The molecule has 404 valence electrons. The largest absolute Gasteiger partial charge is 0.459 e. The zero-order chi connectivity index (χ0) is 51.7. The Morgan fingerprint density at radius 3 is 1.66 bits per heavy atom. The molecule has 0 amide bonds. The van der Waals surface area contributed by atoms with Gasteiger partial charge in [0.25, 0.3) is 0 Å². The van der Waals surface area contributed by atoms with Crippen LogP contribution in [0.3, 0.4) is 0 Å². The molecule has 0 saturated carbocycles. The van der Waals surface area contributed by atoms with Gasteiger partial charge in [0.2, 0.25) is 0 Å². The molecule has 6 rings (SSSR count). The average molecular weight is 1010 g/mol. The van der Waals surface area contributed by atoms with Gasteiger partial charge in [-0.05, 0) is 103 Å². The third-order valence-electron chi connectivity index (χ3n) is 13.5. The van der Waals surface area contributed by atoms with Crippen molar-refractivity contribution in [3.05, 3.63) is 145 Å². The van der Waals surface area contributed by atoms with Gasteiger partial charge in [0, 0.05) is 38.5 Å². The summed E-state index contributed by atoms with van der Waals surface area (Å²) in [7, 11) is 1.60. The van der Waals surface area contributed by atoms with E-state index in [-0.39, 0.29) is 56.1 Å². The van der Waals surface area contributed by atoms with E-state index in [4.69, 9.17) is 33.2 Å². The lowest BCUT2D eigenvalue weighted by Gasteiger charge is -2.28. The van der Waals surface area contributed by atoms with E-state index in [1.165, 1.54) is 23.3 Å². The maximum absolute atomic E-state index is 12.7. The number of methoxy groups -OCH3 is 1. The van der Waals surface area contributed by atoms with Crippen LogP contribution in [0.15, 0.2) is 145 Å². The predicted octanol–water partition coefficient (Wildman–Crippen LogP) is 12.1. The fourth-order valence-corrected chi connectivity index (χ4v) is 9.93. The van der Waals surface area contributed by atoms with Crippen LogP contribution in [0.5, 0.6) is 0 Å². The van der Waals surface area contributed by atoms with E-state index in [9.17, 15) is 19.8 Å². The first-order valence-electron chi connectivity index (χ1n) is 26.5. The van der Waals surface area contributed by atoms with Crippen molar-refractivity contribution < 1.29 is 53.0 Å². The molecule has 2 N–H and O–H groups in total. The van der Waals surface area contributed by atoms with Crippen LogP contribution >= 0.6 is 0 Å². The van der Waals surface area contributed by atoms with E-state index in [1.807, 2.05) is 42.5 Å². The van der Waals surface area contributed by atoms with Gasteiger partial charge in [-0.2, -0.15) is 0 Å². The van der Waals surface area contributed by atoms with Crippen molar-refractivity contribution in [3.8, 4) is 0 Å². The third kappa shape index (κ3) is 24.6. The number of carbonyl (C=O) groups excluding carboxylic acids is 2. The molecule has 0 aromatic heterocycles. The van der Waals surface area contributed by atoms with Gasteiger partial charge in [0.15, 0.2) is 0 Å². The standard InChI is InChI=1S/C31H44O6.C30H42O5.CH4/c1-22-16-17-35-27(20-22)14-15-29(34-4)30-12-5-8-25(32)19-23(2)18-24(3)21-28-11-6-9-26(36-28)10-7-13-31(33)37-30;1-22-16-17-33-28(20-22)13-5-11-27-9-4-8-25(31)19-23(2)18-24(3)21-29-14-6-10-26(34-29)12-7-15-30(32)35-27;/h5-9,13-16,24-30,32H,2,10-12,17-21H2,1,3-4H3;4-8,10,13,15-16,24-29,31H,2,9,11-12,14,17-21H2,1,3H3;1H4/b8-5+,13-7-,15-14+;8-4+,13-5+,15-7-;/t24-,25+,26-,27+,28-,29-,30-;24-,25+,26-,27-,28+,29-;/m00./s1.